The first-order chi connectivity index (χ1) is 12.7. The molecule has 156 valence electrons. The van der Waals surface area contributed by atoms with E-state index in [4.69, 9.17) is 20.9 Å². The zero-order valence-corrected chi connectivity index (χ0v) is 18.7. The molecule has 1 heterocycles. The summed E-state index contributed by atoms with van der Waals surface area (Å²) in [5.41, 5.74) is -1.12. The number of sulfonamides is 1. The van der Waals surface area contributed by atoms with E-state index in [0.29, 0.717) is 31.1 Å². The summed E-state index contributed by atoms with van der Waals surface area (Å²) in [6.07, 6.45) is 2.35. The molecule has 0 spiro atoms. The Labute approximate surface area is 173 Å². The molecule has 1 aliphatic heterocycles. The van der Waals surface area contributed by atoms with Crippen LogP contribution in [0.25, 0.3) is 0 Å². The molecule has 1 aliphatic carbocycles. The van der Waals surface area contributed by atoms with Gasteiger partial charge in [-0.3, -0.25) is 0 Å². The predicted molar refractivity (Wildman–Crippen MR) is 110 cm³/mol. The molecule has 0 unspecified atom stereocenters. The number of halogens is 1. The Morgan fingerprint density at radius 1 is 1.11 bits per heavy atom. The summed E-state index contributed by atoms with van der Waals surface area (Å²) < 4.78 is 40.3. The summed E-state index contributed by atoms with van der Waals surface area (Å²) >= 11 is 6.40. The molecule has 2 aliphatic rings. The second-order valence-corrected chi connectivity index (χ2v) is 11.3. The van der Waals surface area contributed by atoms with Crippen molar-refractivity contribution in [2.45, 2.75) is 88.0 Å². The Bertz CT molecular complexity index is 830. The predicted octanol–water partition coefficient (Wildman–Crippen LogP) is 2.61. The van der Waals surface area contributed by atoms with Gasteiger partial charge in [0.2, 0.25) is 10.0 Å². The lowest BCUT2D eigenvalue weighted by molar-refractivity contribution is 0.00578. The Hall–Kier alpha value is -0.635. The molecule has 0 atom stereocenters. The first-order valence-electron chi connectivity index (χ1n) is 9.62. The molecule has 0 amide bonds. The van der Waals surface area contributed by atoms with E-state index in [0.717, 1.165) is 0 Å². The monoisotopic (exact) mass is 429 g/mol. The van der Waals surface area contributed by atoms with Crippen molar-refractivity contribution in [2.24, 2.45) is 0 Å². The highest BCUT2D eigenvalue weighted by molar-refractivity contribution is 7.89. The van der Waals surface area contributed by atoms with Gasteiger partial charge in [-0.1, -0.05) is 17.7 Å². The Morgan fingerprint density at radius 3 is 2.14 bits per heavy atom. The van der Waals surface area contributed by atoms with Crippen molar-refractivity contribution < 1.29 is 22.8 Å². The summed E-state index contributed by atoms with van der Waals surface area (Å²) in [7, 11) is -4.35. The number of benzene rings is 1. The highest BCUT2D eigenvalue weighted by Gasteiger charge is 2.52. The minimum absolute atomic E-state index is 0.107. The van der Waals surface area contributed by atoms with Crippen molar-refractivity contribution in [3.63, 3.8) is 0 Å². The number of hydrogen-bond acceptors (Lipinski definition) is 5. The van der Waals surface area contributed by atoms with Crippen molar-refractivity contribution in [1.29, 1.82) is 0 Å². The van der Waals surface area contributed by atoms with E-state index in [-0.39, 0.29) is 16.0 Å². The second kappa shape index (κ2) is 7.25. The van der Waals surface area contributed by atoms with Gasteiger partial charge in [0, 0.05) is 16.5 Å². The molecule has 1 aromatic carbocycles. The standard InChI is InChI=1S/C19H29BClNO5S/c1-17(2)18(3,4)27-20(26-17)15-7-6-14(12-16(15)21)28(24,25)22-13-8-10-19(5,23)11-9-13/h6-7,12-13,22-23H,8-11H2,1-5H3/t13-,19-. The van der Waals surface area contributed by atoms with Crippen LogP contribution >= 0.6 is 11.6 Å². The van der Waals surface area contributed by atoms with E-state index in [1.807, 2.05) is 27.7 Å². The molecule has 9 heteroatoms. The average molecular weight is 430 g/mol. The molecular weight excluding hydrogens is 401 g/mol. The Balaban J connectivity index is 1.75. The van der Waals surface area contributed by atoms with Gasteiger partial charge < -0.3 is 14.4 Å². The van der Waals surface area contributed by atoms with Crippen molar-refractivity contribution in [2.75, 3.05) is 0 Å². The maximum atomic E-state index is 12.8. The number of nitrogens with one attached hydrogen (secondary N) is 1. The average Bonchev–Trinajstić information content (AvgIpc) is 2.77. The SMILES string of the molecule is CC1(C)OB(c2ccc(S(=O)(=O)N[C@H]3CC[C@](C)(O)CC3)cc2Cl)OC1(C)C. The first kappa shape index (κ1) is 22.1. The molecule has 28 heavy (non-hydrogen) atoms. The zero-order valence-electron chi connectivity index (χ0n) is 17.1. The van der Waals surface area contributed by atoms with Gasteiger partial charge in [0.25, 0.3) is 0 Å². The first-order valence-corrected chi connectivity index (χ1v) is 11.5. The third-order valence-electron chi connectivity index (χ3n) is 6.17. The Morgan fingerprint density at radius 2 is 1.64 bits per heavy atom. The molecule has 2 N–H and O–H groups in total. The van der Waals surface area contributed by atoms with Gasteiger partial charge in [-0.15, -0.1) is 0 Å². The van der Waals surface area contributed by atoms with Crippen LogP contribution in [0.4, 0.5) is 0 Å². The summed E-state index contributed by atoms with van der Waals surface area (Å²) in [5, 5.41) is 10.3. The molecule has 1 aromatic rings. The van der Waals surface area contributed by atoms with E-state index < -0.39 is 33.9 Å². The molecule has 1 saturated carbocycles. The largest absolute Gasteiger partial charge is 0.496 e. The summed E-state index contributed by atoms with van der Waals surface area (Å²) in [5.74, 6) is 0. The van der Waals surface area contributed by atoms with Gasteiger partial charge in [0.15, 0.2) is 0 Å². The molecule has 6 nitrogen and oxygen atoms in total. The third kappa shape index (κ3) is 4.42. The molecule has 0 aromatic heterocycles. The van der Waals surface area contributed by atoms with Gasteiger partial charge in [0.1, 0.15) is 0 Å². The van der Waals surface area contributed by atoms with E-state index >= 15 is 0 Å². The van der Waals surface area contributed by atoms with Crippen molar-refractivity contribution in [3.8, 4) is 0 Å². The summed E-state index contributed by atoms with van der Waals surface area (Å²) in [6, 6.07) is 4.41. The molecule has 0 bridgehead atoms. The van der Waals surface area contributed by atoms with Crippen LogP contribution in [0, 0.1) is 0 Å². The van der Waals surface area contributed by atoms with Gasteiger partial charge in [-0.05, 0) is 72.4 Å². The smallest absolute Gasteiger partial charge is 0.399 e. The maximum absolute atomic E-state index is 12.8. The molecule has 1 saturated heterocycles. The van der Waals surface area contributed by atoms with Crippen LogP contribution in [0.2, 0.25) is 5.02 Å². The van der Waals surface area contributed by atoms with Crippen LogP contribution in [-0.2, 0) is 19.3 Å². The molecule has 2 fully saturated rings. The maximum Gasteiger partial charge on any atom is 0.496 e. The third-order valence-corrected chi connectivity index (χ3v) is 8.02. The minimum Gasteiger partial charge on any atom is -0.399 e. The van der Waals surface area contributed by atoms with Gasteiger partial charge in [0.05, 0.1) is 21.7 Å². The van der Waals surface area contributed by atoms with E-state index in [2.05, 4.69) is 4.72 Å². The van der Waals surface area contributed by atoms with E-state index in [1.54, 1.807) is 13.0 Å². The van der Waals surface area contributed by atoms with Crippen LogP contribution in [0.1, 0.15) is 60.3 Å². The highest BCUT2D eigenvalue weighted by Crippen LogP contribution is 2.37. The fourth-order valence-electron chi connectivity index (χ4n) is 3.48. The number of rotatable bonds is 4. The van der Waals surface area contributed by atoms with E-state index in [1.165, 1.54) is 12.1 Å². The number of hydrogen-bond donors (Lipinski definition) is 2. The lowest BCUT2D eigenvalue weighted by Crippen LogP contribution is -2.42. The van der Waals surface area contributed by atoms with Crippen LogP contribution in [0.15, 0.2) is 23.1 Å². The fourth-order valence-corrected chi connectivity index (χ4v) is 5.15. The lowest BCUT2D eigenvalue weighted by atomic mass is 9.79. The molecule has 0 radical (unpaired) electrons. The topological polar surface area (TPSA) is 84.9 Å². The van der Waals surface area contributed by atoms with Crippen molar-refractivity contribution in [3.05, 3.63) is 23.2 Å². The van der Waals surface area contributed by atoms with Crippen LogP contribution < -0.4 is 10.2 Å². The quantitative estimate of drug-likeness (QED) is 0.719. The van der Waals surface area contributed by atoms with Gasteiger partial charge in [-0.25, -0.2) is 13.1 Å². The lowest BCUT2D eigenvalue weighted by Gasteiger charge is -2.33. The van der Waals surface area contributed by atoms with Crippen molar-refractivity contribution in [1.82, 2.24) is 4.72 Å². The molecular formula is C19H29BClNO5S. The second-order valence-electron chi connectivity index (χ2n) is 9.16. The van der Waals surface area contributed by atoms with E-state index in [9.17, 15) is 13.5 Å². The van der Waals surface area contributed by atoms with Gasteiger partial charge in [-0.2, -0.15) is 0 Å². The van der Waals surface area contributed by atoms with Crippen molar-refractivity contribution >= 4 is 34.2 Å². The fraction of sp³-hybridized carbons (Fsp3) is 0.684. The normalized spacial score (nSPS) is 29.8. The molecule has 3 rings (SSSR count). The minimum atomic E-state index is -3.70. The van der Waals surface area contributed by atoms with Crippen LogP contribution in [0.5, 0.6) is 0 Å². The highest BCUT2D eigenvalue weighted by atomic mass is 35.5. The summed E-state index contributed by atoms with van der Waals surface area (Å²) in [4.78, 5) is 0.107. The number of aliphatic hydroxyl groups is 1. The van der Waals surface area contributed by atoms with Crippen LogP contribution in [-0.4, -0.2) is 43.5 Å². The Kier molecular flexibility index (Phi) is 5.71. The van der Waals surface area contributed by atoms with Gasteiger partial charge >= 0.3 is 7.12 Å². The zero-order chi connectivity index (χ0) is 21.0. The summed E-state index contributed by atoms with van der Waals surface area (Å²) in [6.45, 7) is 9.58. The van der Waals surface area contributed by atoms with Crippen LogP contribution in [0.3, 0.4) is 0 Å².